The number of likely N-dealkylation sites (tertiary alicyclic amines) is 1. The number of phenolic OH excluding ortho intramolecular Hbond substituents is 1. The Labute approximate surface area is 159 Å². The molecule has 0 aromatic heterocycles. The molecule has 0 radical (unpaired) electrons. The molecule has 1 fully saturated rings. The lowest BCUT2D eigenvalue weighted by molar-refractivity contribution is -0.919. The van der Waals surface area contributed by atoms with Crippen molar-refractivity contribution in [2.45, 2.75) is 32.9 Å². The van der Waals surface area contributed by atoms with Gasteiger partial charge >= 0.3 is 0 Å². The summed E-state index contributed by atoms with van der Waals surface area (Å²) >= 11 is 6.02. The van der Waals surface area contributed by atoms with Gasteiger partial charge in [0.15, 0.2) is 0 Å². The molecule has 1 aliphatic heterocycles. The van der Waals surface area contributed by atoms with E-state index in [1.165, 1.54) is 10.5 Å². The summed E-state index contributed by atoms with van der Waals surface area (Å²) < 4.78 is 0. The molecule has 0 bridgehead atoms. The van der Waals surface area contributed by atoms with Crippen LogP contribution in [-0.2, 0) is 17.9 Å². The van der Waals surface area contributed by atoms with E-state index in [1.807, 2.05) is 6.07 Å². The Balaban J connectivity index is 1.46. The highest BCUT2D eigenvalue weighted by Crippen LogP contribution is 2.21. The van der Waals surface area contributed by atoms with Crippen LogP contribution >= 0.6 is 11.6 Å². The number of benzene rings is 2. The number of carbonyl (C=O) groups is 1. The molecule has 1 aliphatic rings. The van der Waals surface area contributed by atoms with Gasteiger partial charge in [0.1, 0.15) is 12.3 Å². The topological polar surface area (TPSA) is 53.8 Å². The van der Waals surface area contributed by atoms with Crippen molar-refractivity contribution < 1.29 is 14.8 Å². The summed E-state index contributed by atoms with van der Waals surface area (Å²) in [5.41, 5.74) is 3.22. The number of amides is 1. The van der Waals surface area contributed by atoms with Crippen LogP contribution in [0.4, 0.5) is 0 Å². The summed E-state index contributed by atoms with van der Waals surface area (Å²) in [6.45, 7) is 5.23. The Kier molecular flexibility index (Phi) is 6.17. The van der Waals surface area contributed by atoms with Crippen LogP contribution in [0, 0.1) is 12.8 Å². The number of nitrogens with one attached hydrogen (secondary N) is 2. The Morgan fingerprint density at radius 2 is 1.88 bits per heavy atom. The zero-order valence-corrected chi connectivity index (χ0v) is 15.9. The summed E-state index contributed by atoms with van der Waals surface area (Å²) in [5, 5.41) is 13.7. The fourth-order valence-corrected chi connectivity index (χ4v) is 3.66. The molecule has 4 nitrogen and oxygen atoms in total. The van der Waals surface area contributed by atoms with Crippen LogP contribution in [0.5, 0.6) is 5.75 Å². The van der Waals surface area contributed by atoms with E-state index >= 15 is 0 Å². The number of hydrogen-bond donors (Lipinski definition) is 3. The lowest BCUT2D eigenvalue weighted by Crippen LogP contribution is -3.11. The van der Waals surface area contributed by atoms with Crippen LogP contribution < -0.4 is 10.2 Å². The second-order valence-corrected chi connectivity index (χ2v) is 7.61. The number of hydrogen-bond acceptors (Lipinski definition) is 2. The minimum absolute atomic E-state index is 0.0807. The predicted octanol–water partition coefficient (Wildman–Crippen LogP) is 2.47. The molecule has 0 spiro atoms. The smallest absolute Gasteiger partial charge is 0.223 e. The summed E-state index contributed by atoms with van der Waals surface area (Å²) in [6, 6.07) is 13.4. The number of aromatic hydroxyl groups is 1. The largest absolute Gasteiger partial charge is 0.507 e. The summed E-state index contributed by atoms with van der Waals surface area (Å²) in [4.78, 5) is 13.8. The first-order valence-electron chi connectivity index (χ1n) is 9.15. The lowest BCUT2D eigenvalue weighted by Gasteiger charge is -2.29. The first-order chi connectivity index (χ1) is 12.5. The first kappa shape index (κ1) is 18.7. The highest BCUT2D eigenvalue weighted by atomic mass is 35.5. The molecule has 0 atom stereocenters. The fourth-order valence-electron chi connectivity index (χ4n) is 3.47. The minimum atomic E-state index is 0.0807. The number of rotatable bonds is 5. The number of piperidine rings is 1. The molecule has 0 unspecified atom stereocenters. The summed E-state index contributed by atoms with van der Waals surface area (Å²) in [7, 11) is 0. The standard InChI is InChI=1S/C21H25ClN2O2/c1-15-2-4-16(5-3-15)13-23-21(26)17-8-10-24(11-9-17)14-18-12-19(22)6-7-20(18)25/h2-7,12,17,25H,8-11,13-14H2,1H3,(H,23,26)/p+1. The predicted molar refractivity (Wildman–Crippen MR) is 103 cm³/mol. The molecule has 1 heterocycles. The van der Waals surface area contributed by atoms with Crippen LogP contribution in [-0.4, -0.2) is 24.1 Å². The van der Waals surface area contributed by atoms with Crippen LogP contribution in [0.25, 0.3) is 0 Å². The summed E-state index contributed by atoms with van der Waals surface area (Å²) in [5.74, 6) is 0.521. The Hall–Kier alpha value is -2.04. The van der Waals surface area contributed by atoms with Crippen molar-refractivity contribution in [1.29, 1.82) is 0 Å². The molecular formula is C21H26ClN2O2+. The van der Waals surface area contributed by atoms with E-state index in [0.29, 0.717) is 17.3 Å². The van der Waals surface area contributed by atoms with Crippen molar-refractivity contribution in [2.24, 2.45) is 5.92 Å². The SMILES string of the molecule is Cc1ccc(CNC(=O)C2CC[NH+](Cc3cc(Cl)ccc3O)CC2)cc1. The molecular weight excluding hydrogens is 348 g/mol. The maximum absolute atomic E-state index is 12.4. The molecule has 1 saturated heterocycles. The van der Waals surface area contributed by atoms with E-state index in [-0.39, 0.29) is 11.8 Å². The van der Waals surface area contributed by atoms with E-state index in [9.17, 15) is 9.90 Å². The number of carbonyl (C=O) groups excluding carboxylic acids is 1. The van der Waals surface area contributed by atoms with Gasteiger partial charge in [0.25, 0.3) is 0 Å². The van der Waals surface area contributed by atoms with Crippen molar-refractivity contribution in [1.82, 2.24) is 5.32 Å². The molecule has 5 heteroatoms. The lowest BCUT2D eigenvalue weighted by atomic mass is 9.95. The average molecular weight is 374 g/mol. The van der Waals surface area contributed by atoms with Crippen LogP contribution in [0.2, 0.25) is 5.02 Å². The molecule has 1 amide bonds. The second-order valence-electron chi connectivity index (χ2n) is 7.18. The monoisotopic (exact) mass is 373 g/mol. The maximum atomic E-state index is 12.4. The molecule has 0 aliphatic carbocycles. The molecule has 3 N–H and O–H groups in total. The molecule has 0 saturated carbocycles. The van der Waals surface area contributed by atoms with E-state index in [1.54, 1.807) is 12.1 Å². The van der Waals surface area contributed by atoms with E-state index < -0.39 is 0 Å². The van der Waals surface area contributed by atoms with Crippen molar-refractivity contribution >= 4 is 17.5 Å². The van der Waals surface area contributed by atoms with Crippen molar-refractivity contribution in [3.05, 3.63) is 64.2 Å². The van der Waals surface area contributed by atoms with Gasteiger partial charge in [-0.2, -0.15) is 0 Å². The van der Waals surface area contributed by atoms with Gasteiger partial charge in [-0.3, -0.25) is 4.79 Å². The molecule has 3 rings (SSSR count). The van der Waals surface area contributed by atoms with Crippen LogP contribution in [0.1, 0.15) is 29.5 Å². The maximum Gasteiger partial charge on any atom is 0.223 e. The third-order valence-corrected chi connectivity index (χ3v) is 5.37. The molecule has 2 aromatic rings. The normalized spacial score (nSPS) is 19.9. The Bertz CT molecular complexity index is 753. The number of phenols is 1. The number of aryl methyl sites for hydroxylation is 1. The fraction of sp³-hybridized carbons (Fsp3) is 0.381. The molecule has 138 valence electrons. The highest BCUT2D eigenvalue weighted by molar-refractivity contribution is 6.30. The van der Waals surface area contributed by atoms with Crippen LogP contribution in [0.3, 0.4) is 0 Å². The van der Waals surface area contributed by atoms with Gasteiger partial charge < -0.3 is 15.3 Å². The molecule has 26 heavy (non-hydrogen) atoms. The van der Waals surface area contributed by atoms with Gasteiger partial charge in [-0.05, 0) is 30.7 Å². The van der Waals surface area contributed by atoms with Crippen LogP contribution in [0.15, 0.2) is 42.5 Å². The number of halogens is 1. The third-order valence-electron chi connectivity index (χ3n) is 5.13. The zero-order valence-electron chi connectivity index (χ0n) is 15.1. The van der Waals surface area contributed by atoms with E-state index in [4.69, 9.17) is 11.6 Å². The third kappa shape index (κ3) is 4.99. The zero-order chi connectivity index (χ0) is 18.5. The second kappa shape index (κ2) is 8.56. The highest BCUT2D eigenvalue weighted by Gasteiger charge is 2.27. The summed E-state index contributed by atoms with van der Waals surface area (Å²) in [6.07, 6.45) is 1.74. The van der Waals surface area contributed by atoms with Gasteiger partial charge in [0, 0.05) is 35.9 Å². The van der Waals surface area contributed by atoms with Gasteiger partial charge in [-0.1, -0.05) is 41.4 Å². The van der Waals surface area contributed by atoms with Crippen molar-refractivity contribution in [2.75, 3.05) is 13.1 Å². The average Bonchev–Trinajstić information content (AvgIpc) is 2.64. The Morgan fingerprint density at radius 1 is 1.19 bits per heavy atom. The Morgan fingerprint density at radius 3 is 2.58 bits per heavy atom. The van der Waals surface area contributed by atoms with Gasteiger partial charge in [-0.15, -0.1) is 0 Å². The van der Waals surface area contributed by atoms with Gasteiger partial charge in [-0.25, -0.2) is 0 Å². The van der Waals surface area contributed by atoms with Crippen molar-refractivity contribution in [3.63, 3.8) is 0 Å². The molecule has 2 aromatic carbocycles. The first-order valence-corrected chi connectivity index (χ1v) is 9.53. The minimum Gasteiger partial charge on any atom is -0.507 e. The quantitative estimate of drug-likeness (QED) is 0.754. The van der Waals surface area contributed by atoms with E-state index in [2.05, 4.69) is 36.5 Å². The number of quaternary nitrogens is 1. The van der Waals surface area contributed by atoms with Crippen molar-refractivity contribution in [3.8, 4) is 5.75 Å². The van der Waals surface area contributed by atoms with E-state index in [0.717, 1.165) is 43.6 Å². The van der Waals surface area contributed by atoms with Gasteiger partial charge in [0.05, 0.1) is 13.1 Å². The van der Waals surface area contributed by atoms with Gasteiger partial charge in [0.2, 0.25) is 5.91 Å².